The third kappa shape index (κ3) is 5.18. The molecule has 1 fully saturated rings. The van der Waals surface area contributed by atoms with Crippen LogP contribution in [-0.2, 0) is 11.3 Å². The molecular formula is C25H25FN4O3. The number of nitrogens with zero attached hydrogens (tertiary/aromatic N) is 3. The number of carbonyl (C=O) groups is 2. The van der Waals surface area contributed by atoms with Crippen molar-refractivity contribution >= 4 is 17.5 Å². The number of nitrogens with one attached hydrogen (secondary N) is 1. The third-order valence-corrected chi connectivity index (χ3v) is 5.72. The van der Waals surface area contributed by atoms with Crippen molar-refractivity contribution in [2.45, 2.75) is 12.6 Å². The minimum atomic E-state index is -0.525. The Morgan fingerprint density at radius 2 is 1.73 bits per heavy atom. The summed E-state index contributed by atoms with van der Waals surface area (Å²) in [7, 11) is 2.01. The van der Waals surface area contributed by atoms with Crippen molar-refractivity contribution in [1.29, 1.82) is 0 Å². The van der Waals surface area contributed by atoms with Crippen LogP contribution in [0.2, 0.25) is 0 Å². The molecule has 0 saturated carbocycles. The molecule has 1 saturated heterocycles. The first kappa shape index (κ1) is 22.4. The molecule has 0 unspecified atom stereocenters. The number of benzene rings is 2. The monoisotopic (exact) mass is 448 g/mol. The summed E-state index contributed by atoms with van der Waals surface area (Å²) in [6, 6.07) is 18.0. The largest absolute Gasteiger partial charge is 0.329 e. The van der Waals surface area contributed by atoms with Gasteiger partial charge in [-0.2, -0.15) is 0 Å². The predicted molar refractivity (Wildman–Crippen MR) is 123 cm³/mol. The van der Waals surface area contributed by atoms with Gasteiger partial charge in [0.15, 0.2) is 0 Å². The van der Waals surface area contributed by atoms with Crippen molar-refractivity contribution < 1.29 is 14.0 Å². The van der Waals surface area contributed by atoms with Crippen LogP contribution in [0, 0.1) is 5.82 Å². The van der Waals surface area contributed by atoms with Crippen LogP contribution < -0.4 is 10.9 Å². The SMILES string of the molecule is CN1CCN(C(=O)c2cccn(CC(=O)Nc3ccc(F)cc3)c2=O)[C@@H](c2ccccc2)C1. The Morgan fingerprint density at radius 1 is 1.00 bits per heavy atom. The third-order valence-electron chi connectivity index (χ3n) is 5.72. The van der Waals surface area contributed by atoms with Gasteiger partial charge in [-0.05, 0) is 49.0 Å². The highest BCUT2D eigenvalue weighted by Gasteiger charge is 2.32. The highest BCUT2D eigenvalue weighted by molar-refractivity contribution is 5.94. The number of hydrogen-bond acceptors (Lipinski definition) is 4. The van der Waals surface area contributed by atoms with E-state index < -0.39 is 17.3 Å². The number of hydrogen-bond donors (Lipinski definition) is 1. The molecule has 0 aliphatic carbocycles. The molecule has 2 heterocycles. The number of piperazine rings is 1. The second kappa shape index (κ2) is 9.79. The number of aromatic nitrogens is 1. The Bertz CT molecular complexity index is 1190. The molecule has 1 aliphatic heterocycles. The molecule has 7 nitrogen and oxygen atoms in total. The van der Waals surface area contributed by atoms with E-state index in [1.807, 2.05) is 37.4 Å². The van der Waals surface area contributed by atoms with E-state index >= 15 is 0 Å². The van der Waals surface area contributed by atoms with E-state index in [4.69, 9.17) is 0 Å². The Labute approximate surface area is 191 Å². The molecule has 1 atom stereocenters. The standard InChI is InChI=1S/C25H25FN4O3/c1-28-14-15-30(22(16-28)18-6-3-2-4-7-18)25(33)21-8-5-13-29(24(21)32)17-23(31)27-20-11-9-19(26)10-12-20/h2-13,22H,14-17H2,1H3,(H,27,31)/t22-/m1/s1. The van der Waals surface area contributed by atoms with Crippen LogP contribution in [0.3, 0.4) is 0 Å². The minimum absolute atomic E-state index is 0.0255. The number of rotatable bonds is 5. The van der Waals surface area contributed by atoms with Crippen LogP contribution in [-0.4, -0.2) is 52.9 Å². The van der Waals surface area contributed by atoms with Gasteiger partial charge in [0.25, 0.3) is 11.5 Å². The number of halogens is 1. The van der Waals surface area contributed by atoms with Gasteiger partial charge in [-0.1, -0.05) is 30.3 Å². The van der Waals surface area contributed by atoms with E-state index in [-0.39, 0.29) is 24.1 Å². The summed E-state index contributed by atoms with van der Waals surface area (Å²) in [6.45, 7) is 1.60. The lowest BCUT2D eigenvalue weighted by molar-refractivity contribution is -0.116. The summed E-state index contributed by atoms with van der Waals surface area (Å²) in [5, 5.41) is 2.62. The first-order valence-corrected chi connectivity index (χ1v) is 10.7. The van der Waals surface area contributed by atoms with Gasteiger partial charge in [0.05, 0.1) is 6.04 Å². The van der Waals surface area contributed by atoms with Crippen LogP contribution in [0.15, 0.2) is 77.7 Å². The predicted octanol–water partition coefficient (Wildman–Crippen LogP) is 2.76. The summed E-state index contributed by atoms with van der Waals surface area (Å²) < 4.78 is 14.3. The maximum atomic E-state index is 13.4. The number of likely N-dealkylation sites (N-methyl/N-ethyl adjacent to an activating group) is 1. The number of amides is 2. The zero-order chi connectivity index (χ0) is 23.4. The van der Waals surface area contributed by atoms with Crippen LogP contribution in [0.5, 0.6) is 0 Å². The zero-order valence-corrected chi connectivity index (χ0v) is 18.3. The highest BCUT2D eigenvalue weighted by Crippen LogP contribution is 2.26. The molecule has 2 amide bonds. The molecule has 2 aromatic carbocycles. The summed E-state index contributed by atoms with van der Waals surface area (Å²) in [6.07, 6.45) is 1.47. The van der Waals surface area contributed by atoms with E-state index in [1.165, 1.54) is 41.1 Å². The van der Waals surface area contributed by atoms with Gasteiger partial charge in [0, 0.05) is 31.5 Å². The lowest BCUT2D eigenvalue weighted by Crippen LogP contribution is -2.50. The maximum Gasteiger partial charge on any atom is 0.263 e. The molecule has 0 bridgehead atoms. The molecule has 0 radical (unpaired) electrons. The van der Waals surface area contributed by atoms with E-state index in [0.29, 0.717) is 25.3 Å². The quantitative estimate of drug-likeness (QED) is 0.652. The molecule has 170 valence electrons. The van der Waals surface area contributed by atoms with Crippen molar-refractivity contribution in [2.24, 2.45) is 0 Å². The van der Waals surface area contributed by atoms with Gasteiger partial charge in [0.1, 0.15) is 17.9 Å². The van der Waals surface area contributed by atoms with Crippen molar-refractivity contribution in [3.63, 3.8) is 0 Å². The minimum Gasteiger partial charge on any atom is -0.329 e. The Morgan fingerprint density at radius 3 is 2.45 bits per heavy atom. The average Bonchev–Trinajstić information content (AvgIpc) is 2.82. The fraction of sp³-hybridized carbons (Fsp3) is 0.240. The molecular weight excluding hydrogens is 423 g/mol. The summed E-state index contributed by atoms with van der Waals surface area (Å²) in [5.74, 6) is -1.21. The molecule has 1 aromatic heterocycles. The fourth-order valence-corrected chi connectivity index (χ4v) is 3.99. The topological polar surface area (TPSA) is 74.7 Å². The molecule has 1 aliphatic rings. The molecule has 3 aromatic rings. The second-order valence-electron chi connectivity index (χ2n) is 8.10. The second-order valence-corrected chi connectivity index (χ2v) is 8.10. The average molecular weight is 448 g/mol. The van der Waals surface area contributed by atoms with Crippen LogP contribution >= 0.6 is 0 Å². The summed E-state index contributed by atoms with van der Waals surface area (Å²) >= 11 is 0. The number of carbonyl (C=O) groups excluding carboxylic acids is 2. The Balaban J connectivity index is 1.54. The van der Waals surface area contributed by atoms with Gasteiger partial charge in [-0.3, -0.25) is 14.4 Å². The fourth-order valence-electron chi connectivity index (χ4n) is 3.99. The van der Waals surface area contributed by atoms with Gasteiger partial charge >= 0.3 is 0 Å². The first-order valence-electron chi connectivity index (χ1n) is 10.7. The highest BCUT2D eigenvalue weighted by atomic mass is 19.1. The van der Waals surface area contributed by atoms with Crippen molar-refractivity contribution in [2.75, 3.05) is 32.0 Å². The number of anilines is 1. The van der Waals surface area contributed by atoms with Gasteiger partial charge in [-0.15, -0.1) is 0 Å². The number of pyridine rings is 1. The van der Waals surface area contributed by atoms with Gasteiger partial charge < -0.3 is 19.7 Å². The van der Waals surface area contributed by atoms with E-state index in [2.05, 4.69) is 10.2 Å². The maximum absolute atomic E-state index is 13.4. The van der Waals surface area contributed by atoms with Crippen LogP contribution in [0.4, 0.5) is 10.1 Å². The smallest absolute Gasteiger partial charge is 0.263 e. The van der Waals surface area contributed by atoms with Crippen LogP contribution in [0.25, 0.3) is 0 Å². The zero-order valence-electron chi connectivity index (χ0n) is 18.3. The van der Waals surface area contributed by atoms with E-state index in [0.717, 1.165) is 5.56 Å². The normalized spacial score (nSPS) is 16.4. The Kier molecular flexibility index (Phi) is 6.65. The lowest BCUT2D eigenvalue weighted by Gasteiger charge is -2.40. The molecule has 8 heteroatoms. The summed E-state index contributed by atoms with van der Waals surface area (Å²) in [5.41, 5.74) is 0.928. The van der Waals surface area contributed by atoms with E-state index in [9.17, 15) is 18.8 Å². The van der Waals surface area contributed by atoms with Crippen molar-refractivity contribution in [1.82, 2.24) is 14.4 Å². The first-order chi connectivity index (χ1) is 15.9. The van der Waals surface area contributed by atoms with E-state index in [1.54, 1.807) is 11.0 Å². The van der Waals surface area contributed by atoms with Gasteiger partial charge in [-0.25, -0.2) is 4.39 Å². The van der Waals surface area contributed by atoms with Crippen LogP contribution in [0.1, 0.15) is 22.0 Å². The summed E-state index contributed by atoms with van der Waals surface area (Å²) in [4.78, 5) is 42.8. The molecule has 1 N–H and O–H groups in total. The van der Waals surface area contributed by atoms with Crippen molar-refractivity contribution in [3.05, 3.63) is 100 Å². The lowest BCUT2D eigenvalue weighted by atomic mass is 10.0. The molecule has 4 rings (SSSR count). The van der Waals surface area contributed by atoms with Crippen molar-refractivity contribution in [3.8, 4) is 0 Å². The molecule has 0 spiro atoms. The Hall–Kier alpha value is -3.78. The molecule has 33 heavy (non-hydrogen) atoms. The van der Waals surface area contributed by atoms with Gasteiger partial charge in [0.2, 0.25) is 5.91 Å².